The minimum absolute atomic E-state index is 0.0397. The Morgan fingerprint density at radius 3 is 2.32 bits per heavy atom. The molecule has 0 bridgehead atoms. The van der Waals surface area contributed by atoms with E-state index in [1.54, 1.807) is 30.3 Å². The summed E-state index contributed by atoms with van der Waals surface area (Å²) in [6.07, 6.45) is 0. The van der Waals surface area contributed by atoms with Gasteiger partial charge in [-0.05, 0) is 35.4 Å². The standard InChI is InChI=1S/C21H13N5OS/c22-9-13-2-1-3-14(8-13)12-28-21-18(11-24)19(17(10-23)20(25)26-21)15-4-6-16(27)7-5-15/h1-8,27H,12H2,(H2,25,26). The van der Waals surface area contributed by atoms with Crippen LogP contribution in [-0.4, -0.2) is 10.1 Å². The predicted octanol–water partition coefficient (Wildman–Crippen LogP) is 3.94. The predicted molar refractivity (Wildman–Crippen MR) is 106 cm³/mol. The third kappa shape index (κ3) is 3.73. The molecule has 3 aromatic rings. The fourth-order valence-electron chi connectivity index (χ4n) is 2.70. The average molecular weight is 383 g/mol. The first kappa shape index (κ1) is 18.8. The van der Waals surface area contributed by atoms with Crippen molar-refractivity contribution in [3.05, 3.63) is 70.8 Å². The minimum atomic E-state index is 0.0397. The van der Waals surface area contributed by atoms with E-state index in [4.69, 9.17) is 11.0 Å². The molecule has 0 atom stereocenters. The highest BCUT2D eigenvalue weighted by Crippen LogP contribution is 2.37. The smallest absolute Gasteiger partial charge is 0.143 e. The molecule has 2 aromatic carbocycles. The molecule has 0 aliphatic rings. The zero-order valence-corrected chi connectivity index (χ0v) is 15.4. The first-order valence-electron chi connectivity index (χ1n) is 8.12. The second kappa shape index (κ2) is 8.14. The quantitative estimate of drug-likeness (QED) is 0.652. The average Bonchev–Trinajstić information content (AvgIpc) is 2.72. The van der Waals surface area contributed by atoms with E-state index in [0.717, 1.165) is 5.56 Å². The summed E-state index contributed by atoms with van der Waals surface area (Å²) >= 11 is 1.31. The number of aromatic hydroxyl groups is 1. The number of nitriles is 3. The van der Waals surface area contributed by atoms with Crippen molar-refractivity contribution in [3.63, 3.8) is 0 Å². The number of phenols is 1. The lowest BCUT2D eigenvalue weighted by atomic mass is 9.97. The molecule has 3 rings (SSSR count). The van der Waals surface area contributed by atoms with Gasteiger partial charge in [0.25, 0.3) is 0 Å². The van der Waals surface area contributed by atoms with Gasteiger partial charge in [-0.3, -0.25) is 0 Å². The van der Waals surface area contributed by atoms with E-state index in [-0.39, 0.29) is 22.7 Å². The van der Waals surface area contributed by atoms with Crippen LogP contribution in [0.4, 0.5) is 5.82 Å². The molecule has 0 saturated heterocycles. The van der Waals surface area contributed by atoms with Gasteiger partial charge < -0.3 is 10.8 Å². The van der Waals surface area contributed by atoms with Crippen molar-refractivity contribution in [1.29, 1.82) is 15.8 Å². The summed E-state index contributed by atoms with van der Waals surface area (Å²) in [5.41, 5.74) is 8.80. The van der Waals surface area contributed by atoms with Gasteiger partial charge in [0.1, 0.15) is 34.3 Å². The van der Waals surface area contributed by atoms with Crippen LogP contribution in [0, 0.1) is 34.0 Å². The summed E-state index contributed by atoms with van der Waals surface area (Å²) in [4.78, 5) is 4.26. The van der Waals surface area contributed by atoms with Gasteiger partial charge in [-0.1, -0.05) is 24.3 Å². The molecule has 0 spiro atoms. The number of pyridine rings is 1. The Hall–Kier alpha value is -3.99. The number of benzene rings is 2. The van der Waals surface area contributed by atoms with Crippen molar-refractivity contribution in [1.82, 2.24) is 4.98 Å². The van der Waals surface area contributed by atoms with Gasteiger partial charge in [-0.2, -0.15) is 15.8 Å². The number of hydrogen-bond acceptors (Lipinski definition) is 7. The first-order valence-corrected chi connectivity index (χ1v) is 9.11. The molecule has 6 nitrogen and oxygen atoms in total. The van der Waals surface area contributed by atoms with Gasteiger partial charge in [0.05, 0.1) is 17.2 Å². The Kier molecular flexibility index (Phi) is 5.46. The summed E-state index contributed by atoms with van der Waals surface area (Å²) in [5.74, 6) is 0.602. The molecule has 1 aromatic heterocycles. The van der Waals surface area contributed by atoms with Crippen molar-refractivity contribution in [2.24, 2.45) is 0 Å². The number of hydrogen-bond donors (Lipinski definition) is 2. The van der Waals surface area contributed by atoms with Crippen LogP contribution in [0.15, 0.2) is 53.6 Å². The van der Waals surface area contributed by atoms with Crippen LogP contribution < -0.4 is 5.73 Å². The number of thioether (sulfide) groups is 1. The van der Waals surface area contributed by atoms with Crippen molar-refractivity contribution < 1.29 is 5.11 Å². The van der Waals surface area contributed by atoms with E-state index >= 15 is 0 Å². The van der Waals surface area contributed by atoms with E-state index < -0.39 is 0 Å². The summed E-state index contributed by atoms with van der Waals surface area (Å²) in [6.45, 7) is 0. The summed E-state index contributed by atoms with van der Waals surface area (Å²) < 4.78 is 0. The van der Waals surface area contributed by atoms with Crippen LogP contribution in [0.25, 0.3) is 11.1 Å². The van der Waals surface area contributed by atoms with Crippen molar-refractivity contribution in [2.75, 3.05) is 5.73 Å². The zero-order valence-electron chi connectivity index (χ0n) is 14.5. The van der Waals surface area contributed by atoms with Crippen LogP contribution >= 0.6 is 11.8 Å². The van der Waals surface area contributed by atoms with Crippen molar-refractivity contribution in [3.8, 4) is 35.1 Å². The van der Waals surface area contributed by atoms with Crippen molar-refractivity contribution >= 4 is 17.6 Å². The number of phenolic OH excluding ortho intramolecular Hbond substituents is 1. The molecule has 0 fully saturated rings. The number of rotatable bonds is 4. The molecule has 7 heteroatoms. The second-order valence-electron chi connectivity index (χ2n) is 5.80. The lowest BCUT2D eigenvalue weighted by molar-refractivity contribution is 0.475. The Morgan fingerprint density at radius 2 is 1.68 bits per heavy atom. The van der Waals surface area contributed by atoms with Crippen LogP contribution in [0.2, 0.25) is 0 Å². The lowest BCUT2D eigenvalue weighted by Gasteiger charge is -2.13. The highest BCUT2D eigenvalue weighted by Gasteiger charge is 2.20. The normalized spacial score (nSPS) is 9.89. The number of nitrogen functional groups attached to an aromatic ring is 1. The topological polar surface area (TPSA) is 131 Å². The molecule has 28 heavy (non-hydrogen) atoms. The fourth-order valence-corrected chi connectivity index (χ4v) is 3.64. The largest absolute Gasteiger partial charge is 0.508 e. The van der Waals surface area contributed by atoms with E-state index in [1.165, 1.54) is 23.9 Å². The summed E-state index contributed by atoms with van der Waals surface area (Å²) in [7, 11) is 0. The van der Waals surface area contributed by atoms with Gasteiger partial charge >= 0.3 is 0 Å². The molecule has 0 saturated carbocycles. The van der Waals surface area contributed by atoms with Crippen LogP contribution in [0.3, 0.4) is 0 Å². The molecule has 0 amide bonds. The van der Waals surface area contributed by atoms with Crippen molar-refractivity contribution in [2.45, 2.75) is 10.8 Å². The molecule has 0 aliphatic heterocycles. The molecule has 134 valence electrons. The van der Waals surface area contributed by atoms with E-state index in [2.05, 4.69) is 17.1 Å². The fraction of sp³-hybridized carbons (Fsp3) is 0.0476. The van der Waals surface area contributed by atoms with E-state index in [1.807, 2.05) is 12.1 Å². The van der Waals surface area contributed by atoms with E-state index in [9.17, 15) is 15.6 Å². The molecular formula is C21H13N5OS. The Balaban J connectivity index is 2.07. The monoisotopic (exact) mass is 383 g/mol. The molecule has 1 heterocycles. The molecule has 0 aliphatic carbocycles. The third-order valence-corrected chi connectivity index (χ3v) is 5.05. The maximum atomic E-state index is 9.76. The SMILES string of the molecule is N#Cc1cccc(CSc2nc(N)c(C#N)c(-c3ccc(O)cc3)c2C#N)c1. The summed E-state index contributed by atoms with van der Waals surface area (Å²) in [5, 5.41) is 38.2. The summed E-state index contributed by atoms with van der Waals surface area (Å²) in [6, 6.07) is 19.6. The number of anilines is 1. The van der Waals surface area contributed by atoms with E-state index in [0.29, 0.717) is 27.5 Å². The molecule has 3 N–H and O–H groups in total. The van der Waals surface area contributed by atoms with Crippen LogP contribution in [0.1, 0.15) is 22.3 Å². The second-order valence-corrected chi connectivity index (χ2v) is 6.76. The Bertz CT molecular complexity index is 1170. The van der Waals surface area contributed by atoms with Gasteiger partial charge in [0, 0.05) is 11.3 Å². The number of nitrogens with zero attached hydrogens (tertiary/aromatic N) is 4. The highest BCUT2D eigenvalue weighted by molar-refractivity contribution is 7.98. The molecular weight excluding hydrogens is 370 g/mol. The van der Waals surface area contributed by atoms with Gasteiger partial charge in [0.15, 0.2) is 0 Å². The highest BCUT2D eigenvalue weighted by atomic mass is 32.2. The van der Waals surface area contributed by atoms with Crippen LogP contribution in [0.5, 0.6) is 5.75 Å². The molecule has 0 radical (unpaired) electrons. The Labute approximate surface area is 166 Å². The minimum Gasteiger partial charge on any atom is -0.508 e. The van der Waals surface area contributed by atoms with Crippen LogP contribution in [-0.2, 0) is 5.75 Å². The maximum absolute atomic E-state index is 9.76. The van der Waals surface area contributed by atoms with Gasteiger partial charge in [0.2, 0.25) is 0 Å². The third-order valence-electron chi connectivity index (χ3n) is 4.00. The lowest BCUT2D eigenvalue weighted by Crippen LogP contribution is -2.03. The number of aromatic nitrogens is 1. The first-order chi connectivity index (χ1) is 13.6. The Morgan fingerprint density at radius 1 is 0.964 bits per heavy atom. The van der Waals surface area contributed by atoms with Gasteiger partial charge in [-0.25, -0.2) is 4.98 Å². The molecule has 0 unspecified atom stereocenters. The van der Waals surface area contributed by atoms with Gasteiger partial charge in [-0.15, -0.1) is 11.8 Å². The zero-order chi connectivity index (χ0) is 20.1. The number of nitrogens with two attached hydrogens (primary N) is 1. The maximum Gasteiger partial charge on any atom is 0.143 e.